The van der Waals surface area contributed by atoms with Crippen LogP contribution in [0.3, 0.4) is 0 Å². The van der Waals surface area contributed by atoms with Crippen LogP contribution in [0.2, 0.25) is 0 Å². The number of nitrogens with zero attached hydrogens (tertiary/aromatic N) is 1. The van der Waals surface area contributed by atoms with E-state index >= 15 is 0 Å². The molecule has 2 rings (SSSR count). The molecule has 0 atom stereocenters. The predicted molar refractivity (Wildman–Crippen MR) is 57.3 cm³/mol. The maximum atomic E-state index is 13.4. The van der Waals surface area contributed by atoms with Gasteiger partial charge in [-0.2, -0.15) is 0 Å². The van der Waals surface area contributed by atoms with Gasteiger partial charge in [0.05, 0.1) is 12.3 Å². The maximum Gasteiger partial charge on any atom is 0.172 e. The first-order valence-corrected chi connectivity index (χ1v) is 4.96. The molecule has 0 amide bonds. The normalized spacial score (nSPS) is 10.8. The van der Waals surface area contributed by atoms with Crippen LogP contribution in [0.15, 0.2) is 22.7 Å². The van der Waals surface area contributed by atoms with Crippen molar-refractivity contribution in [1.29, 1.82) is 0 Å². The monoisotopic (exact) mass is 221 g/mol. The van der Waals surface area contributed by atoms with Gasteiger partial charge in [-0.3, -0.25) is 0 Å². The molecule has 0 unspecified atom stereocenters. The Kier molecular flexibility index (Phi) is 2.75. The van der Waals surface area contributed by atoms with Crippen LogP contribution in [0.25, 0.3) is 11.3 Å². The number of aryl methyl sites for hydroxylation is 2. The molecule has 0 radical (unpaired) electrons. The fourth-order valence-electron chi connectivity index (χ4n) is 1.54. The van der Waals surface area contributed by atoms with Gasteiger partial charge in [-0.15, -0.1) is 0 Å². The van der Waals surface area contributed by atoms with Crippen LogP contribution in [0.1, 0.15) is 16.8 Å². The van der Waals surface area contributed by atoms with Gasteiger partial charge in [0.25, 0.3) is 0 Å². The standard InChI is InChI=1S/C12H12FNO2/c1-7-3-4-9(5-11(7)13)12-10(6-15)8(2)14-16-12/h3-5,15H,6H2,1-2H3. The van der Waals surface area contributed by atoms with E-state index in [4.69, 9.17) is 4.52 Å². The van der Waals surface area contributed by atoms with Gasteiger partial charge in [0.15, 0.2) is 5.76 Å². The molecule has 1 heterocycles. The van der Waals surface area contributed by atoms with Gasteiger partial charge in [0.1, 0.15) is 5.82 Å². The van der Waals surface area contributed by atoms with Crippen LogP contribution in [0.4, 0.5) is 4.39 Å². The van der Waals surface area contributed by atoms with E-state index in [1.165, 1.54) is 6.07 Å². The smallest absolute Gasteiger partial charge is 0.172 e. The summed E-state index contributed by atoms with van der Waals surface area (Å²) in [7, 11) is 0. The first-order valence-electron chi connectivity index (χ1n) is 4.96. The third kappa shape index (κ3) is 1.72. The highest BCUT2D eigenvalue weighted by molar-refractivity contribution is 5.62. The Balaban J connectivity index is 2.54. The van der Waals surface area contributed by atoms with Crippen molar-refractivity contribution in [1.82, 2.24) is 5.16 Å². The van der Waals surface area contributed by atoms with Gasteiger partial charge in [0.2, 0.25) is 0 Å². The van der Waals surface area contributed by atoms with Crippen molar-refractivity contribution in [3.05, 3.63) is 40.8 Å². The SMILES string of the molecule is Cc1ccc(-c2onc(C)c2CO)cc1F. The summed E-state index contributed by atoms with van der Waals surface area (Å²) >= 11 is 0. The van der Waals surface area contributed by atoms with Gasteiger partial charge >= 0.3 is 0 Å². The molecule has 1 aromatic carbocycles. The van der Waals surface area contributed by atoms with Crippen LogP contribution in [-0.4, -0.2) is 10.3 Å². The van der Waals surface area contributed by atoms with Gasteiger partial charge in [-0.1, -0.05) is 17.3 Å². The van der Waals surface area contributed by atoms with Gasteiger partial charge in [-0.25, -0.2) is 4.39 Å². The van der Waals surface area contributed by atoms with E-state index in [0.717, 1.165) is 0 Å². The number of benzene rings is 1. The zero-order valence-corrected chi connectivity index (χ0v) is 9.12. The first-order chi connectivity index (χ1) is 7.63. The molecule has 0 saturated carbocycles. The molecule has 0 aliphatic carbocycles. The van der Waals surface area contributed by atoms with Gasteiger partial charge in [-0.05, 0) is 25.5 Å². The second-order valence-corrected chi connectivity index (χ2v) is 3.70. The fourth-order valence-corrected chi connectivity index (χ4v) is 1.54. The van der Waals surface area contributed by atoms with Crippen LogP contribution < -0.4 is 0 Å². The Morgan fingerprint density at radius 3 is 2.75 bits per heavy atom. The number of aliphatic hydroxyl groups excluding tert-OH is 1. The number of halogens is 1. The molecule has 0 bridgehead atoms. The van der Waals surface area contributed by atoms with Gasteiger partial charge < -0.3 is 9.63 Å². The highest BCUT2D eigenvalue weighted by atomic mass is 19.1. The largest absolute Gasteiger partial charge is 0.391 e. The van der Waals surface area contributed by atoms with E-state index in [0.29, 0.717) is 28.1 Å². The molecule has 0 aliphatic rings. The number of hydrogen-bond donors (Lipinski definition) is 1. The van der Waals surface area contributed by atoms with Crippen molar-refractivity contribution in [3.63, 3.8) is 0 Å². The number of aliphatic hydroxyl groups is 1. The second kappa shape index (κ2) is 4.06. The van der Waals surface area contributed by atoms with E-state index < -0.39 is 0 Å². The summed E-state index contributed by atoms with van der Waals surface area (Å²) in [6.45, 7) is 3.26. The van der Waals surface area contributed by atoms with Crippen molar-refractivity contribution in [2.75, 3.05) is 0 Å². The summed E-state index contributed by atoms with van der Waals surface area (Å²) in [4.78, 5) is 0. The third-order valence-electron chi connectivity index (χ3n) is 2.58. The van der Waals surface area contributed by atoms with Crippen LogP contribution >= 0.6 is 0 Å². The lowest BCUT2D eigenvalue weighted by Crippen LogP contribution is -1.89. The topological polar surface area (TPSA) is 46.3 Å². The molecule has 84 valence electrons. The molecule has 16 heavy (non-hydrogen) atoms. The minimum Gasteiger partial charge on any atom is -0.391 e. The molecule has 1 aromatic heterocycles. The second-order valence-electron chi connectivity index (χ2n) is 3.70. The molecular formula is C12H12FNO2. The number of hydrogen-bond acceptors (Lipinski definition) is 3. The van der Waals surface area contributed by atoms with E-state index in [2.05, 4.69) is 5.16 Å². The molecule has 0 spiro atoms. The summed E-state index contributed by atoms with van der Waals surface area (Å²) in [5.74, 6) is 0.134. The van der Waals surface area contributed by atoms with E-state index in [-0.39, 0.29) is 12.4 Å². The van der Waals surface area contributed by atoms with E-state index in [1.54, 1.807) is 26.0 Å². The van der Waals surface area contributed by atoms with E-state index in [9.17, 15) is 9.50 Å². The highest BCUT2D eigenvalue weighted by Crippen LogP contribution is 2.27. The maximum absolute atomic E-state index is 13.4. The lowest BCUT2D eigenvalue weighted by molar-refractivity contribution is 0.281. The van der Waals surface area contributed by atoms with Crippen molar-refractivity contribution in [3.8, 4) is 11.3 Å². The highest BCUT2D eigenvalue weighted by Gasteiger charge is 2.14. The molecular weight excluding hydrogens is 209 g/mol. The van der Waals surface area contributed by atoms with Crippen LogP contribution in [-0.2, 0) is 6.61 Å². The van der Waals surface area contributed by atoms with Crippen molar-refractivity contribution < 1.29 is 14.0 Å². The van der Waals surface area contributed by atoms with Crippen LogP contribution in [0.5, 0.6) is 0 Å². The third-order valence-corrected chi connectivity index (χ3v) is 2.58. The van der Waals surface area contributed by atoms with Crippen LogP contribution in [0, 0.1) is 19.7 Å². The zero-order chi connectivity index (χ0) is 11.7. The Morgan fingerprint density at radius 1 is 1.38 bits per heavy atom. The lowest BCUT2D eigenvalue weighted by atomic mass is 10.1. The molecule has 0 saturated heterocycles. The Bertz CT molecular complexity index is 520. The minimum atomic E-state index is -0.296. The average Bonchev–Trinajstić information content (AvgIpc) is 2.63. The number of aromatic nitrogens is 1. The molecule has 1 N–H and O–H groups in total. The van der Waals surface area contributed by atoms with Crippen molar-refractivity contribution in [2.45, 2.75) is 20.5 Å². The van der Waals surface area contributed by atoms with Gasteiger partial charge in [0, 0.05) is 11.1 Å². The molecule has 0 aliphatic heterocycles. The molecule has 0 fully saturated rings. The Hall–Kier alpha value is -1.68. The molecule has 2 aromatic rings. The van der Waals surface area contributed by atoms with E-state index in [1.807, 2.05) is 0 Å². The minimum absolute atomic E-state index is 0.167. The Morgan fingerprint density at radius 2 is 2.12 bits per heavy atom. The first kappa shape index (κ1) is 10.8. The predicted octanol–water partition coefficient (Wildman–Crippen LogP) is 2.59. The molecule has 3 nitrogen and oxygen atoms in total. The molecule has 4 heteroatoms. The fraction of sp³-hybridized carbons (Fsp3) is 0.250. The van der Waals surface area contributed by atoms with Crippen molar-refractivity contribution >= 4 is 0 Å². The summed E-state index contributed by atoms with van der Waals surface area (Å²) in [6.07, 6.45) is 0. The number of rotatable bonds is 2. The summed E-state index contributed by atoms with van der Waals surface area (Å²) in [5.41, 5.74) is 2.39. The lowest BCUT2D eigenvalue weighted by Gasteiger charge is -2.01. The van der Waals surface area contributed by atoms with Crippen molar-refractivity contribution in [2.24, 2.45) is 0 Å². The summed E-state index contributed by atoms with van der Waals surface area (Å²) in [5, 5.41) is 12.9. The Labute approximate surface area is 92.5 Å². The quantitative estimate of drug-likeness (QED) is 0.847. The zero-order valence-electron chi connectivity index (χ0n) is 9.12. The summed E-state index contributed by atoms with van der Waals surface area (Å²) < 4.78 is 18.5. The summed E-state index contributed by atoms with van der Waals surface area (Å²) in [6, 6.07) is 4.80. The average molecular weight is 221 g/mol.